The summed E-state index contributed by atoms with van der Waals surface area (Å²) in [4.78, 5) is 22.9. The van der Waals surface area contributed by atoms with E-state index in [0.717, 1.165) is 43.9 Å². The van der Waals surface area contributed by atoms with Gasteiger partial charge in [-0.05, 0) is 31.9 Å². The maximum absolute atomic E-state index is 13.6. The van der Waals surface area contributed by atoms with Gasteiger partial charge in [-0.3, -0.25) is 4.79 Å². The Labute approximate surface area is 150 Å². The summed E-state index contributed by atoms with van der Waals surface area (Å²) in [5.74, 6) is -0.330. The number of aromatic nitrogens is 2. The van der Waals surface area contributed by atoms with Crippen LogP contribution in [-0.2, 0) is 0 Å². The number of anilines is 2. The van der Waals surface area contributed by atoms with E-state index in [-0.39, 0.29) is 6.54 Å². The largest absolute Gasteiger partial charge is 0.368 e. The van der Waals surface area contributed by atoms with Crippen LogP contribution in [0.2, 0.25) is 0 Å². The summed E-state index contributed by atoms with van der Waals surface area (Å²) in [7, 11) is 0. The molecule has 0 spiro atoms. The predicted octanol–water partition coefficient (Wildman–Crippen LogP) is 2.51. The molecule has 1 amide bonds. The average molecular weight is 361 g/mol. The highest BCUT2D eigenvalue weighted by Crippen LogP contribution is 2.20. The number of aryl methyl sites for hydroxylation is 1. The van der Waals surface area contributed by atoms with E-state index in [0.29, 0.717) is 18.2 Å². The smallest absolute Gasteiger partial charge is 0.257 e. The zero-order chi connectivity index (χ0) is 18.5. The van der Waals surface area contributed by atoms with Crippen molar-refractivity contribution >= 4 is 17.5 Å². The van der Waals surface area contributed by atoms with Crippen molar-refractivity contribution in [3.05, 3.63) is 47.3 Å². The van der Waals surface area contributed by atoms with Crippen LogP contribution in [0.4, 0.5) is 20.4 Å². The normalized spacial score (nSPS) is 13.7. The molecule has 2 heterocycles. The minimum absolute atomic E-state index is 0.203. The van der Waals surface area contributed by atoms with Crippen LogP contribution in [0.5, 0.6) is 0 Å². The van der Waals surface area contributed by atoms with Crippen molar-refractivity contribution < 1.29 is 13.6 Å². The summed E-state index contributed by atoms with van der Waals surface area (Å²) < 4.78 is 27.1. The number of carbonyl (C=O) groups is 1. The number of hydrogen-bond acceptors (Lipinski definition) is 5. The Bertz CT molecular complexity index is 773. The number of rotatable bonds is 6. The number of amides is 1. The zero-order valence-corrected chi connectivity index (χ0v) is 14.6. The molecule has 0 atom stereocenters. The maximum atomic E-state index is 13.6. The van der Waals surface area contributed by atoms with Crippen LogP contribution in [0.25, 0.3) is 0 Å². The number of carbonyl (C=O) groups excluding carboxylic acids is 1. The summed E-state index contributed by atoms with van der Waals surface area (Å²) in [5, 5.41) is 5.61. The Morgan fingerprint density at radius 3 is 2.54 bits per heavy atom. The molecule has 3 rings (SSSR count). The van der Waals surface area contributed by atoms with Gasteiger partial charge in [0.15, 0.2) is 0 Å². The topological polar surface area (TPSA) is 70.2 Å². The zero-order valence-electron chi connectivity index (χ0n) is 14.6. The number of nitrogens with one attached hydrogen (secondary N) is 2. The van der Waals surface area contributed by atoms with Gasteiger partial charge in [0, 0.05) is 32.2 Å². The van der Waals surface area contributed by atoms with Crippen molar-refractivity contribution in [2.24, 2.45) is 0 Å². The molecule has 138 valence electrons. The van der Waals surface area contributed by atoms with Crippen molar-refractivity contribution in [1.82, 2.24) is 15.3 Å². The summed E-state index contributed by atoms with van der Waals surface area (Å²) >= 11 is 0. The molecular weight excluding hydrogens is 340 g/mol. The van der Waals surface area contributed by atoms with Crippen LogP contribution >= 0.6 is 0 Å². The fourth-order valence-corrected chi connectivity index (χ4v) is 2.92. The highest BCUT2D eigenvalue weighted by molar-refractivity contribution is 5.94. The molecule has 26 heavy (non-hydrogen) atoms. The summed E-state index contributed by atoms with van der Waals surface area (Å²) in [6.07, 6.45) is 2.31. The third-order valence-electron chi connectivity index (χ3n) is 4.16. The summed E-state index contributed by atoms with van der Waals surface area (Å²) in [6.45, 7) is 4.38. The maximum Gasteiger partial charge on any atom is 0.257 e. The Kier molecular flexibility index (Phi) is 5.60. The fourth-order valence-electron chi connectivity index (χ4n) is 2.92. The van der Waals surface area contributed by atoms with E-state index in [1.165, 1.54) is 6.07 Å². The molecule has 0 radical (unpaired) electrons. The number of nitrogens with zero attached hydrogens (tertiary/aromatic N) is 3. The van der Waals surface area contributed by atoms with Crippen LogP contribution in [-0.4, -0.2) is 42.1 Å². The van der Waals surface area contributed by atoms with Crippen molar-refractivity contribution in [3.8, 4) is 0 Å². The van der Waals surface area contributed by atoms with E-state index < -0.39 is 23.1 Å². The van der Waals surface area contributed by atoms with Gasteiger partial charge in [0.25, 0.3) is 5.91 Å². The van der Waals surface area contributed by atoms with E-state index in [1.54, 1.807) is 0 Å². The van der Waals surface area contributed by atoms with E-state index in [2.05, 4.69) is 25.5 Å². The first kappa shape index (κ1) is 18.0. The quantitative estimate of drug-likeness (QED) is 0.774. The lowest BCUT2D eigenvalue weighted by atomic mass is 10.2. The molecule has 0 unspecified atom stereocenters. The molecule has 1 fully saturated rings. The molecule has 0 bridgehead atoms. The van der Waals surface area contributed by atoms with E-state index >= 15 is 0 Å². The second-order valence-corrected chi connectivity index (χ2v) is 6.13. The molecule has 8 heteroatoms. The second kappa shape index (κ2) is 8.07. The van der Waals surface area contributed by atoms with E-state index in [9.17, 15) is 13.6 Å². The summed E-state index contributed by atoms with van der Waals surface area (Å²) in [6, 6.07) is 5.20. The Balaban J connectivity index is 1.54. The minimum atomic E-state index is -0.878. The predicted molar refractivity (Wildman–Crippen MR) is 95.4 cm³/mol. The van der Waals surface area contributed by atoms with Gasteiger partial charge in [-0.15, -0.1) is 0 Å². The molecule has 6 nitrogen and oxygen atoms in total. The third kappa shape index (κ3) is 4.25. The molecule has 1 aromatic carbocycles. The highest BCUT2D eigenvalue weighted by atomic mass is 19.1. The molecule has 0 aliphatic carbocycles. The lowest BCUT2D eigenvalue weighted by molar-refractivity contribution is 0.0946. The first-order valence-electron chi connectivity index (χ1n) is 8.61. The number of hydrogen-bond donors (Lipinski definition) is 2. The van der Waals surface area contributed by atoms with Gasteiger partial charge in [0.1, 0.15) is 34.7 Å². The van der Waals surface area contributed by atoms with Crippen LogP contribution in [0.1, 0.15) is 29.0 Å². The molecule has 1 saturated heterocycles. The molecule has 1 aromatic heterocycles. The van der Waals surface area contributed by atoms with Crippen molar-refractivity contribution in [2.75, 3.05) is 36.4 Å². The van der Waals surface area contributed by atoms with Crippen LogP contribution in [0.3, 0.4) is 0 Å². The molecule has 2 aromatic rings. The standard InChI is InChI=1S/C18H21F2N5O/c1-12-23-15(11-16(24-12)25-9-2-3-10-25)21-7-8-22-18(26)17-13(19)5-4-6-14(17)20/h4-6,11H,2-3,7-10H2,1H3,(H,22,26)(H,21,23,24). The van der Waals surface area contributed by atoms with Gasteiger partial charge in [0.2, 0.25) is 0 Å². The van der Waals surface area contributed by atoms with E-state index in [1.807, 2.05) is 13.0 Å². The van der Waals surface area contributed by atoms with Gasteiger partial charge in [0.05, 0.1) is 0 Å². The SMILES string of the molecule is Cc1nc(NCCNC(=O)c2c(F)cccc2F)cc(N2CCCC2)n1. The Hall–Kier alpha value is -2.77. The van der Waals surface area contributed by atoms with Gasteiger partial charge in [-0.25, -0.2) is 18.7 Å². The highest BCUT2D eigenvalue weighted by Gasteiger charge is 2.17. The second-order valence-electron chi connectivity index (χ2n) is 6.13. The lowest BCUT2D eigenvalue weighted by Crippen LogP contribution is -2.30. The first-order chi connectivity index (χ1) is 12.5. The van der Waals surface area contributed by atoms with Crippen LogP contribution in [0.15, 0.2) is 24.3 Å². The minimum Gasteiger partial charge on any atom is -0.368 e. The number of halogens is 2. The average Bonchev–Trinajstić information content (AvgIpc) is 3.13. The van der Waals surface area contributed by atoms with Crippen molar-refractivity contribution in [1.29, 1.82) is 0 Å². The van der Waals surface area contributed by atoms with Gasteiger partial charge >= 0.3 is 0 Å². The van der Waals surface area contributed by atoms with Crippen LogP contribution < -0.4 is 15.5 Å². The lowest BCUT2D eigenvalue weighted by Gasteiger charge is -2.17. The summed E-state index contributed by atoms with van der Waals surface area (Å²) in [5.41, 5.74) is -0.568. The van der Waals surface area contributed by atoms with Crippen molar-refractivity contribution in [2.45, 2.75) is 19.8 Å². The molecule has 1 aliphatic heterocycles. The van der Waals surface area contributed by atoms with Gasteiger partial charge in [-0.2, -0.15) is 0 Å². The van der Waals surface area contributed by atoms with Gasteiger partial charge < -0.3 is 15.5 Å². The van der Waals surface area contributed by atoms with Crippen molar-refractivity contribution in [3.63, 3.8) is 0 Å². The van der Waals surface area contributed by atoms with Crippen LogP contribution in [0, 0.1) is 18.6 Å². The first-order valence-corrected chi connectivity index (χ1v) is 8.61. The molecule has 0 saturated carbocycles. The molecular formula is C18H21F2N5O. The fraction of sp³-hybridized carbons (Fsp3) is 0.389. The van der Waals surface area contributed by atoms with Gasteiger partial charge in [-0.1, -0.05) is 6.07 Å². The third-order valence-corrected chi connectivity index (χ3v) is 4.16. The number of benzene rings is 1. The Morgan fingerprint density at radius 2 is 1.85 bits per heavy atom. The Morgan fingerprint density at radius 1 is 1.15 bits per heavy atom. The van der Waals surface area contributed by atoms with E-state index in [4.69, 9.17) is 0 Å². The molecule has 1 aliphatic rings. The molecule has 2 N–H and O–H groups in total. The monoisotopic (exact) mass is 361 g/mol.